The fourth-order valence-corrected chi connectivity index (χ4v) is 6.90. The van der Waals surface area contributed by atoms with Crippen molar-refractivity contribution >= 4 is 50.0 Å². The van der Waals surface area contributed by atoms with Gasteiger partial charge in [0.05, 0.1) is 28.5 Å². The molecular formula is C31H31N5O6S. The molecular weight excluding hydrogens is 570 g/mol. The van der Waals surface area contributed by atoms with Gasteiger partial charge in [-0.3, -0.25) is 14.9 Å². The first kappa shape index (κ1) is 28.6. The molecule has 2 saturated heterocycles. The van der Waals surface area contributed by atoms with Crippen molar-refractivity contribution in [2.24, 2.45) is 0 Å². The lowest BCUT2D eigenvalue weighted by molar-refractivity contribution is -0.384. The van der Waals surface area contributed by atoms with Gasteiger partial charge < -0.3 is 14.5 Å². The molecule has 11 nitrogen and oxygen atoms in total. The Morgan fingerprint density at radius 2 is 1.67 bits per heavy atom. The van der Waals surface area contributed by atoms with E-state index in [1.807, 2.05) is 18.2 Å². The molecule has 0 unspecified atom stereocenters. The first-order valence-corrected chi connectivity index (χ1v) is 15.7. The van der Waals surface area contributed by atoms with Crippen LogP contribution in [0.1, 0.15) is 35.2 Å². The normalized spacial score (nSPS) is 16.2. The zero-order valence-corrected chi connectivity index (χ0v) is 24.3. The number of nitrogens with zero attached hydrogens (tertiary/aromatic N) is 5. The third kappa shape index (κ3) is 5.88. The minimum absolute atomic E-state index is 0.0845. The number of pyridine rings is 1. The Bertz CT molecular complexity index is 1790. The van der Waals surface area contributed by atoms with E-state index in [1.54, 1.807) is 24.4 Å². The summed E-state index contributed by atoms with van der Waals surface area (Å²) in [5.41, 5.74) is 2.12. The molecule has 4 aromatic rings. The van der Waals surface area contributed by atoms with Gasteiger partial charge in [-0.15, -0.1) is 0 Å². The number of rotatable bonds is 8. The minimum Gasteiger partial charge on any atom is -0.378 e. The Kier molecular flexibility index (Phi) is 7.96. The first-order chi connectivity index (χ1) is 20.8. The number of morpholine rings is 1. The average molecular weight is 602 g/mol. The third-order valence-electron chi connectivity index (χ3n) is 7.89. The summed E-state index contributed by atoms with van der Waals surface area (Å²) in [5, 5.41) is 11.7. The molecule has 0 saturated carbocycles. The number of ketones is 1. The van der Waals surface area contributed by atoms with E-state index in [-0.39, 0.29) is 16.4 Å². The number of benzene rings is 2. The number of ether oxygens (including phenoxy) is 1. The van der Waals surface area contributed by atoms with Gasteiger partial charge in [-0.1, -0.05) is 0 Å². The van der Waals surface area contributed by atoms with Crippen molar-refractivity contribution in [2.75, 3.05) is 49.2 Å². The second-order valence-corrected chi connectivity index (χ2v) is 12.4. The van der Waals surface area contributed by atoms with Crippen LogP contribution in [-0.4, -0.2) is 67.5 Å². The molecule has 0 spiro atoms. The number of hydrogen-bond acceptors (Lipinski definition) is 9. The van der Waals surface area contributed by atoms with Gasteiger partial charge in [0.15, 0.2) is 5.78 Å². The number of carbonyl (C=O) groups excluding carboxylic acids is 1. The van der Waals surface area contributed by atoms with Crippen LogP contribution in [0.3, 0.4) is 0 Å². The van der Waals surface area contributed by atoms with Crippen molar-refractivity contribution < 1.29 is 22.9 Å². The van der Waals surface area contributed by atoms with Crippen LogP contribution in [0.25, 0.3) is 17.0 Å². The summed E-state index contributed by atoms with van der Waals surface area (Å²) in [7, 11) is -4.10. The van der Waals surface area contributed by atoms with Gasteiger partial charge in [0.1, 0.15) is 5.82 Å². The van der Waals surface area contributed by atoms with Gasteiger partial charge in [-0.25, -0.2) is 17.4 Å². The Labute approximate surface area is 249 Å². The maximum Gasteiger partial charge on any atom is 0.269 e. The lowest BCUT2D eigenvalue weighted by atomic mass is 10.1. The average Bonchev–Trinajstić information content (AvgIpc) is 3.43. The highest BCUT2D eigenvalue weighted by Crippen LogP contribution is 2.31. The van der Waals surface area contributed by atoms with Crippen molar-refractivity contribution in [1.29, 1.82) is 0 Å². The Morgan fingerprint density at radius 1 is 0.930 bits per heavy atom. The van der Waals surface area contributed by atoms with E-state index in [1.165, 1.54) is 43.0 Å². The quantitative estimate of drug-likeness (QED) is 0.120. The Morgan fingerprint density at radius 3 is 2.35 bits per heavy atom. The molecule has 0 aliphatic carbocycles. The number of nitro groups is 1. The number of non-ortho nitro benzene ring substituents is 1. The van der Waals surface area contributed by atoms with Crippen LogP contribution in [0.4, 0.5) is 17.2 Å². The lowest BCUT2D eigenvalue weighted by Gasteiger charge is -2.29. The van der Waals surface area contributed by atoms with Crippen molar-refractivity contribution in [2.45, 2.75) is 24.2 Å². The zero-order valence-electron chi connectivity index (χ0n) is 23.5. The van der Waals surface area contributed by atoms with Crippen molar-refractivity contribution in [3.8, 4) is 0 Å². The fraction of sp³-hybridized carbons (Fsp3) is 0.290. The Balaban J connectivity index is 1.35. The molecule has 0 bridgehead atoms. The highest BCUT2D eigenvalue weighted by molar-refractivity contribution is 7.90. The van der Waals surface area contributed by atoms with E-state index < -0.39 is 14.9 Å². The number of allylic oxidation sites excluding steroid dienone is 1. The molecule has 0 N–H and O–H groups in total. The maximum atomic E-state index is 13.7. The van der Waals surface area contributed by atoms with E-state index >= 15 is 0 Å². The fourth-order valence-electron chi connectivity index (χ4n) is 5.52. The molecule has 2 aromatic heterocycles. The summed E-state index contributed by atoms with van der Waals surface area (Å²) in [6, 6.07) is 13.9. The number of fused-ring (bicyclic) bond motifs is 1. The number of carbonyl (C=O) groups is 1. The SMILES string of the molecule is O=C(/C=C/c1cn(S(=O)(=O)c2ccc([N+](=O)[O-])cc2)c2ccc(N3CCOCC3)cc12)c1ccc(N2CCCCC2)nc1. The molecule has 2 aliphatic rings. The minimum atomic E-state index is -4.10. The highest BCUT2D eigenvalue weighted by atomic mass is 32.2. The van der Waals surface area contributed by atoms with E-state index in [0.29, 0.717) is 48.3 Å². The van der Waals surface area contributed by atoms with Gasteiger partial charge >= 0.3 is 0 Å². The molecule has 4 heterocycles. The molecule has 12 heteroatoms. The number of anilines is 2. The lowest BCUT2D eigenvalue weighted by Crippen LogP contribution is -2.36. The zero-order chi connectivity index (χ0) is 30.0. The molecule has 2 aliphatic heterocycles. The second-order valence-electron chi connectivity index (χ2n) is 10.6. The number of piperidine rings is 1. The smallest absolute Gasteiger partial charge is 0.269 e. The van der Waals surface area contributed by atoms with Crippen LogP contribution >= 0.6 is 0 Å². The molecule has 6 rings (SSSR count). The second kappa shape index (κ2) is 12.0. The van der Waals surface area contributed by atoms with Gasteiger partial charge in [0, 0.05) is 72.9 Å². The summed E-state index contributed by atoms with van der Waals surface area (Å²) in [4.78, 5) is 32.4. The van der Waals surface area contributed by atoms with Crippen LogP contribution < -0.4 is 9.80 Å². The predicted molar refractivity (Wildman–Crippen MR) is 164 cm³/mol. The van der Waals surface area contributed by atoms with Gasteiger partial charge in [0.25, 0.3) is 15.7 Å². The Hall–Kier alpha value is -4.55. The monoisotopic (exact) mass is 601 g/mol. The largest absolute Gasteiger partial charge is 0.378 e. The first-order valence-electron chi connectivity index (χ1n) is 14.2. The van der Waals surface area contributed by atoms with E-state index in [4.69, 9.17) is 4.74 Å². The number of aromatic nitrogens is 2. The summed E-state index contributed by atoms with van der Waals surface area (Å²) < 4.78 is 34.1. The molecule has 0 amide bonds. The molecule has 2 aromatic carbocycles. The maximum absolute atomic E-state index is 13.7. The van der Waals surface area contributed by atoms with Gasteiger partial charge in [-0.05, 0) is 73.9 Å². The van der Waals surface area contributed by atoms with Crippen LogP contribution in [0, 0.1) is 10.1 Å². The van der Waals surface area contributed by atoms with Gasteiger partial charge in [0.2, 0.25) is 0 Å². The topological polar surface area (TPSA) is 128 Å². The molecule has 0 atom stereocenters. The summed E-state index contributed by atoms with van der Waals surface area (Å²) in [5.74, 6) is 0.608. The number of hydrogen-bond donors (Lipinski definition) is 0. The highest BCUT2D eigenvalue weighted by Gasteiger charge is 2.23. The summed E-state index contributed by atoms with van der Waals surface area (Å²) >= 11 is 0. The number of nitro benzene ring substituents is 1. The molecule has 0 radical (unpaired) electrons. The predicted octanol–water partition coefficient (Wildman–Crippen LogP) is 4.90. The van der Waals surface area contributed by atoms with E-state index in [9.17, 15) is 23.3 Å². The third-order valence-corrected chi connectivity index (χ3v) is 9.58. The molecule has 43 heavy (non-hydrogen) atoms. The summed E-state index contributed by atoms with van der Waals surface area (Å²) in [6.45, 7) is 4.52. The molecule has 2 fully saturated rings. The summed E-state index contributed by atoms with van der Waals surface area (Å²) in [6.07, 6.45) is 9.58. The van der Waals surface area contributed by atoms with Crippen LogP contribution in [0.2, 0.25) is 0 Å². The molecule has 222 valence electrons. The van der Waals surface area contributed by atoms with Crippen LogP contribution in [-0.2, 0) is 14.8 Å². The van der Waals surface area contributed by atoms with Crippen LogP contribution in [0.5, 0.6) is 0 Å². The van der Waals surface area contributed by atoms with Crippen molar-refractivity contribution in [3.63, 3.8) is 0 Å². The standard InChI is InChI=1S/C31H31N5O6S/c37-30(23-5-13-31(32-21-23)34-14-2-1-3-15-34)12-4-24-22-35(43(40,41)27-9-6-25(7-10-27)36(38)39)29-11-8-26(20-28(24)29)33-16-18-42-19-17-33/h4-13,20-22H,1-3,14-19H2/b12-4+. The van der Waals surface area contributed by atoms with E-state index in [2.05, 4.69) is 14.8 Å². The van der Waals surface area contributed by atoms with Crippen molar-refractivity contribution in [1.82, 2.24) is 8.96 Å². The van der Waals surface area contributed by atoms with Crippen LogP contribution in [0.15, 0.2) is 78.0 Å². The van der Waals surface area contributed by atoms with Gasteiger partial charge in [-0.2, -0.15) is 0 Å². The van der Waals surface area contributed by atoms with Crippen molar-refractivity contribution in [3.05, 3.63) is 94.3 Å². The van der Waals surface area contributed by atoms with E-state index in [0.717, 1.165) is 41.4 Å².